The average molecular weight is 417 g/mol. The Morgan fingerprint density at radius 2 is 1.93 bits per heavy atom. The molecule has 0 aliphatic heterocycles. The molecule has 0 bridgehead atoms. The van der Waals surface area contributed by atoms with Gasteiger partial charge in [-0.25, -0.2) is 9.18 Å². The lowest BCUT2D eigenvalue weighted by Gasteiger charge is -2.16. The van der Waals surface area contributed by atoms with E-state index in [-0.39, 0.29) is 28.4 Å². The van der Waals surface area contributed by atoms with Crippen LogP contribution in [0, 0.1) is 5.82 Å². The fraction of sp³-hybridized carbons (Fsp3) is 0.182. The van der Waals surface area contributed by atoms with Crippen LogP contribution in [0.2, 0.25) is 0 Å². The Morgan fingerprint density at radius 1 is 1.24 bits per heavy atom. The molecule has 0 saturated carbocycles. The van der Waals surface area contributed by atoms with E-state index in [1.807, 2.05) is 0 Å². The van der Waals surface area contributed by atoms with Crippen LogP contribution >= 0.6 is 11.6 Å². The largest absolute Gasteiger partial charge is 0.478 e. The number of nitrogens with two attached hydrogens (primary N) is 1. The zero-order valence-electron chi connectivity index (χ0n) is 15.9. The van der Waals surface area contributed by atoms with Crippen LogP contribution in [0.15, 0.2) is 71.4 Å². The van der Waals surface area contributed by atoms with E-state index in [1.54, 1.807) is 31.2 Å². The Balaban J connectivity index is 2.12. The maximum atomic E-state index is 13.4. The van der Waals surface area contributed by atoms with Crippen molar-refractivity contribution in [2.45, 2.75) is 25.8 Å². The van der Waals surface area contributed by atoms with Crippen molar-refractivity contribution in [3.05, 3.63) is 93.9 Å². The number of rotatable bonds is 8. The Labute approximate surface area is 173 Å². The molecule has 1 amide bonds. The van der Waals surface area contributed by atoms with Gasteiger partial charge in [-0.2, -0.15) is 0 Å². The summed E-state index contributed by atoms with van der Waals surface area (Å²) in [5.41, 5.74) is 7.49. The van der Waals surface area contributed by atoms with Crippen LogP contribution in [0.25, 0.3) is 0 Å². The van der Waals surface area contributed by atoms with Crippen molar-refractivity contribution in [2.24, 2.45) is 5.73 Å². The molecule has 4 N–H and O–H groups in total. The third kappa shape index (κ3) is 6.76. The van der Waals surface area contributed by atoms with E-state index in [2.05, 4.69) is 5.32 Å². The molecule has 0 saturated heterocycles. The summed E-state index contributed by atoms with van der Waals surface area (Å²) >= 11 is 5.98. The van der Waals surface area contributed by atoms with Gasteiger partial charge in [-0.3, -0.25) is 4.79 Å². The Bertz CT molecular complexity index is 939. The Morgan fingerprint density at radius 3 is 2.52 bits per heavy atom. The van der Waals surface area contributed by atoms with Gasteiger partial charge in [0.2, 0.25) is 5.91 Å². The van der Waals surface area contributed by atoms with Crippen LogP contribution in [0.5, 0.6) is 0 Å². The molecule has 0 heterocycles. The molecular weight excluding hydrogens is 395 g/mol. The summed E-state index contributed by atoms with van der Waals surface area (Å²) in [5.74, 6) is -1.69. The first kappa shape index (κ1) is 22.2. The van der Waals surface area contributed by atoms with Gasteiger partial charge < -0.3 is 16.2 Å². The maximum absolute atomic E-state index is 13.4. The van der Waals surface area contributed by atoms with E-state index >= 15 is 0 Å². The summed E-state index contributed by atoms with van der Waals surface area (Å²) in [6.45, 7) is 1.79. The predicted molar refractivity (Wildman–Crippen MR) is 111 cm³/mol. The molecule has 2 rings (SSSR count). The van der Waals surface area contributed by atoms with Crippen molar-refractivity contribution in [1.82, 2.24) is 5.32 Å². The molecule has 2 aromatic carbocycles. The lowest BCUT2D eigenvalue weighted by molar-refractivity contribution is -0.118. The second-order valence-electron chi connectivity index (χ2n) is 6.47. The van der Waals surface area contributed by atoms with Gasteiger partial charge in [0.05, 0.1) is 16.6 Å². The van der Waals surface area contributed by atoms with Gasteiger partial charge in [0, 0.05) is 11.8 Å². The van der Waals surface area contributed by atoms with Crippen molar-refractivity contribution >= 4 is 23.5 Å². The average Bonchev–Trinajstić information content (AvgIpc) is 2.70. The number of hydrogen-bond acceptors (Lipinski definition) is 3. The fourth-order valence-corrected chi connectivity index (χ4v) is 2.86. The summed E-state index contributed by atoms with van der Waals surface area (Å²) < 4.78 is 13.4. The number of benzene rings is 2. The SMILES string of the molecule is CC(NC(=O)/C(=C/C(Cl)=C\N)CCc1cccc(F)c1)c1ccc(C(=O)O)cc1. The number of nitrogens with one attached hydrogen (secondary N) is 1. The van der Waals surface area contributed by atoms with Crippen molar-refractivity contribution in [3.8, 4) is 0 Å². The number of hydrogen-bond donors (Lipinski definition) is 3. The van der Waals surface area contributed by atoms with Crippen molar-refractivity contribution in [2.75, 3.05) is 0 Å². The standard InChI is InChI=1S/C22H22ClFN2O3/c1-14(16-7-9-17(10-8-16)22(28)29)26-21(27)18(12-19(23)13-25)6-5-15-3-2-4-20(24)11-15/h2-4,7-14H,5-6,25H2,1H3,(H,26,27)(H,28,29)/b18-12+,19-13+. The second kappa shape index (κ2) is 10.4. The summed E-state index contributed by atoms with van der Waals surface area (Å²) in [6.07, 6.45) is 3.46. The van der Waals surface area contributed by atoms with E-state index in [4.69, 9.17) is 22.4 Å². The molecule has 5 nitrogen and oxygen atoms in total. The lowest BCUT2D eigenvalue weighted by atomic mass is 10.0. The summed E-state index contributed by atoms with van der Waals surface area (Å²) in [4.78, 5) is 23.7. The first-order valence-electron chi connectivity index (χ1n) is 8.96. The van der Waals surface area contributed by atoms with E-state index in [0.29, 0.717) is 18.4 Å². The number of aryl methyl sites for hydroxylation is 1. The zero-order chi connectivity index (χ0) is 21.4. The fourth-order valence-electron chi connectivity index (χ4n) is 2.72. The number of amides is 1. The Hall–Kier alpha value is -3.12. The third-order valence-corrected chi connectivity index (χ3v) is 4.58. The number of allylic oxidation sites excluding steroid dienone is 2. The topological polar surface area (TPSA) is 92.4 Å². The summed E-state index contributed by atoms with van der Waals surface area (Å²) in [5, 5.41) is 12.1. The van der Waals surface area contributed by atoms with Crippen molar-refractivity contribution < 1.29 is 19.1 Å². The van der Waals surface area contributed by atoms with E-state index in [0.717, 1.165) is 11.1 Å². The third-order valence-electron chi connectivity index (χ3n) is 4.34. The lowest BCUT2D eigenvalue weighted by Crippen LogP contribution is -2.28. The molecular formula is C22H22ClFN2O3. The molecule has 7 heteroatoms. The van der Waals surface area contributed by atoms with Gasteiger partial charge in [0.25, 0.3) is 0 Å². The molecule has 0 fully saturated rings. The molecule has 1 atom stereocenters. The van der Waals surface area contributed by atoms with Crippen LogP contribution in [0.1, 0.15) is 40.9 Å². The smallest absolute Gasteiger partial charge is 0.335 e. The van der Waals surface area contributed by atoms with Crippen LogP contribution in [0.3, 0.4) is 0 Å². The normalized spacial score (nSPS) is 13.1. The van der Waals surface area contributed by atoms with Gasteiger partial charge in [0.15, 0.2) is 0 Å². The van der Waals surface area contributed by atoms with E-state index in [1.165, 1.54) is 36.5 Å². The minimum atomic E-state index is -1.01. The predicted octanol–water partition coefficient (Wildman–Crippen LogP) is 4.30. The molecule has 0 aliphatic rings. The first-order valence-corrected chi connectivity index (χ1v) is 9.34. The van der Waals surface area contributed by atoms with Crippen LogP contribution in [0.4, 0.5) is 4.39 Å². The molecule has 152 valence electrons. The van der Waals surface area contributed by atoms with Crippen LogP contribution < -0.4 is 11.1 Å². The molecule has 0 spiro atoms. The van der Waals surface area contributed by atoms with Gasteiger partial charge in [-0.1, -0.05) is 35.9 Å². The molecule has 0 radical (unpaired) electrons. The van der Waals surface area contributed by atoms with E-state index < -0.39 is 5.97 Å². The van der Waals surface area contributed by atoms with Gasteiger partial charge >= 0.3 is 5.97 Å². The monoisotopic (exact) mass is 416 g/mol. The Kier molecular flexibility index (Phi) is 7.98. The minimum Gasteiger partial charge on any atom is -0.478 e. The second-order valence-corrected chi connectivity index (χ2v) is 6.91. The molecule has 2 aromatic rings. The molecule has 29 heavy (non-hydrogen) atoms. The summed E-state index contributed by atoms with van der Waals surface area (Å²) in [7, 11) is 0. The minimum absolute atomic E-state index is 0.169. The quantitative estimate of drug-likeness (QED) is 0.442. The molecule has 0 aliphatic carbocycles. The number of carbonyl (C=O) groups is 2. The number of halogens is 2. The maximum Gasteiger partial charge on any atom is 0.335 e. The highest BCUT2D eigenvalue weighted by molar-refractivity contribution is 6.31. The molecule has 0 aromatic heterocycles. The number of carboxylic acid groups (broad SMARTS) is 1. The highest BCUT2D eigenvalue weighted by Gasteiger charge is 2.15. The molecule has 1 unspecified atom stereocenters. The van der Waals surface area contributed by atoms with E-state index in [9.17, 15) is 14.0 Å². The van der Waals surface area contributed by atoms with Gasteiger partial charge in [0.1, 0.15) is 5.82 Å². The summed E-state index contributed by atoms with van der Waals surface area (Å²) in [6, 6.07) is 12.1. The van der Waals surface area contributed by atoms with Crippen LogP contribution in [-0.2, 0) is 11.2 Å². The van der Waals surface area contributed by atoms with Crippen LogP contribution in [-0.4, -0.2) is 17.0 Å². The van der Waals surface area contributed by atoms with Crippen molar-refractivity contribution in [1.29, 1.82) is 0 Å². The number of carboxylic acids is 1. The first-order chi connectivity index (χ1) is 13.8. The highest BCUT2D eigenvalue weighted by Crippen LogP contribution is 2.18. The van der Waals surface area contributed by atoms with Gasteiger partial charge in [-0.15, -0.1) is 0 Å². The zero-order valence-corrected chi connectivity index (χ0v) is 16.6. The van der Waals surface area contributed by atoms with Crippen molar-refractivity contribution in [3.63, 3.8) is 0 Å². The van der Waals surface area contributed by atoms with Gasteiger partial charge in [-0.05, 0) is 61.2 Å². The highest BCUT2D eigenvalue weighted by atomic mass is 35.5. The number of carbonyl (C=O) groups excluding carboxylic acids is 1. The number of aromatic carboxylic acids is 1.